The third kappa shape index (κ3) is 3.68. The van der Waals surface area contributed by atoms with Crippen LogP contribution in [0.25, 0.3) is 0 Å². The molecule has 0 fully saturated rings. The third-order valence-electron chi connectivity index (χ3n) is 4.00. The summed E-state index contributed by atoms with van der Waals surface area (Å²) in [5.74, 6) is -4.42. The van der Waals surface area contributed by atoms with E-state index in [4.69, 9.17) is 0 Å². The predicted molar refractivity (Wildman–Crippen MR) is 89.8 cm³/mol. The number of nitrogens with zero attached hydrogens (tertiary/aromatic N) is 1. The molecule has 1 aromatic rings. The number of aliphatic carboxylic acids is 2. The number of benzene rings is 1. The maximum absolute atomic E-state index is 11.7. The van der Waals surface area contributed by atoms with Gasteiger partial charge in [0.2, 0.25) is 0 Å². The number of carboxylic acid groups (broad SMARTS) is 2. The molecule has 8 nitrogen and oxygen atoms in total. The summed E-state index contributed by atoms with van der Waals surface area (Å²) in [4.78, 5) is 38.9. The van der Waals surface area contributed by atoms with Crippen LogP contribution in [0.3, 0.4) is 0 Å². The molecule has 0 aliphatic carbocycles. The number of aliphatic imine (C=N–C) groups is 1. The van der Waals surface area contributed by atoms with Crippen molar-refractivity contribution in [2.75, 3.05) is 12.4 Å². The molecule has 1 aromatic carbocycles. The highest BCUT2D eigenvalue weighted by atomic mass is 16.5. The summed E-state index contributed by atoms with van der Waals surface area (Å²) < 4.78 is 4.53. The van der Waals surface area contributed by atoms with Crippen molar-refractivity contribution in [2.24, 2.45) is 10.9 Å². The molecule has 0 radical (unpaired) electrons. The van der Waals surface area contributed by atoms with Crippen molar-refractivity contribution < 1.29 is 29.3 Å². The van der Waals surface area contributed by atoms with Gasteiger partial charge in [-0.15, -0.1) is 0 Å². The number of allylic oxidation sites excluding steroid dienone is 1. The predicted octanol–water partition coefficient (Wildman–Crippen LogP) is 2.48. The largest absolute Gasteiger partial charge is 0.481 e. The van der Waals surface area contributed by atoms with Gasteiger partial charge >= 0.3 is 18.0 Å². The molecular weight excluding hydrogens is 328 g/mol. The van der Waals surface area contributed by atoms with Crippen molar-refractivity contribution in [3.05, 3.63) is 41.1 Å². The van der Waals surface area contributed by atoms with Crippen molar-refractivity contribution in [3.8, 4) is 0 Å². The first kappa shape index (κ1) is 18.2. The first-order valence-corrected chi connectivity index (χ1v) is 7.43. The van der Waals surface area contributed by atoms with Crippen LogP contribution in [0.15, 0.2) is 40.5 Å². The molecule has 132 valence electrons. The van der Waals surface area contributed by atoms with Crippen molar-refractivity contribution in [3.63, 3.8) is 0 Å². The van der Waals surface area contributed by atoms with E-state index in [0.717, 1.165) is 0 Å². The highest BCUT2D eigenvalue weighted by Gasteiger charge is 2.41. The Hall–Kier alpha value is -3.16. The lowest BCUT2D eigenvalue weighted by Gasteiger charge is -2.29. The maximum atomic E-state index is 11.7. The van der Waals surface area contributed by atoms with E-state index < -0.39 is 29.9 Å². The summed E-state index contributed by atoms with van der Waals surface area (Å²) >= 11 is 0. The standard InChI is InChI=1S/C17H18N2O6/c1-8-12(15(20)21)14(13(16(22)23)9(2)18-8)10-5-4-6-11(7-10)19-17(24)25-3/h4-7,12,14H,1-3H3,(H,19,24)(H,20,21)(H,22,23). The minimum Gasteiger partial charge on any atom is -0.481 e. The van der Waals surface area contributed by atoms with Gasteiger partial charge in [0, 0.05) is 23.0 Å². The van der Waals surface area contributed by atoms with Crippen LogP contribution in [-0.2, 0) is 14.3 Å². The molecule has 0 saturated heterocycles. The number of methoxy groups -OCH3 is 1. The van der Waals surface area contributed by atoms with E-state index in [0.29, 0.717) is 17.0 Å². The number of rotatable bonds is 4. The Labute approximate surface area is 143 Å². The first-order valence-electron chi connectivity index (χ1n) is 7.43. The van der Waals surface area contributed by atoms with Gasteiger partial charge in [0.1, 0.15) is 5.92 Å². The molecule has 0 aromatic heterocycles. The number of carboxylic acids is 2. The van der Waals surface area contributed by atoms with Crippen LogP contribution in [0, 0.1) is 5.92 Å². The molecule has 2 unspecified atom stereocenters. The average molecular weight is 346 g/mol. The zero-order valence-corrected chi connectivity index (χ0v) is 13.9. The van der Waals surface area contributed by atoms with E-state index in [1.165, 1.54) is 20.1 Å². The molecule has 0 spiro atoms. The summed E-state index contributed by atoms with van der Waals surface area (Å²) in [6, 6.07) is 6.36. The number of hydrogen-bond acceptors (Lipinski definition) is 5. The molecule has 0 bridgehead atoms. The van der Waals surface area contributed by atoms with E-state index in [1.54, 1.807) is 25.1 Å². The van der Waals surface area contributed by atoms with Gasteiger partial charge in [-0.2, -0.15) is 0 Å². The maximum Gasteiger partial charge on any atom is 0.411 e. The SMILES string of the molecule is COC(=O)Nc1cccc(C2C(C(=O)O)=C(C)N=C(C)C2C(=O)O)c1. The monoisotopic (exact) mass is 346 g/mol. The summed E-state index contributed by atoms with van der Waals surface area (Å²) in [6.45, 7) is 3.10. The fourth-order valence-corrected chi connectivity index (χ4v) is 2.97. The minimum atomic E-state index is -1.23. The number of nitrogens with one attached hydrogen (secondary N) is 1. The van der Waals surface area contributed by atoms with Gasteiger partial charge in [0.25, 0.3) is 0 Å². The van der Waals surface area contributed by atoms with Crippen LogP contribution >= 0.6 is 0 Å². The van der Waals surface area contributed by atoms with E-state index in [9.17, 15) is 24.6 Å². The number of anilines is 1. The second-order valence-electron chi connectivity index (χ2n) is 5.59. The van der Waals surface area contributed by atoms with Crippen LogP contribution in [-0.4, -0.2) is 41.1 Å². The Bertz CT molecular complexity index is 796. The Morgan fingerprint density at radius 3 is 2.44 bits per heavy atom. The lowest BCUT2D eigenvalue weighted by molar-refractivity contribution is -0.140. The summed E-state index contributed by atoms with van der Waals surface area (Å²) in [5.41, 5.74) is 1.33. The summed E-state index contributed by atoms with van der Waals surface area (Å²) in [6.07, 6.45) is -0.682. The van der Waals surface area contributed by atoms with Crippen LogP contribution in [0.1, 0.15) is 25.3 Å². The topological polar surface area (TPSA) is 125 Å². The highest BCUT2D eigenvalue weighted by molar-refractivity contribution is 6.06. The highest BCUT2D eigenvalue weighted by Crippen LogP contribution is 2.39. The molecule has 25 heavy (non-hydrogen) atoms. The van der Waals surface area contributed by atoms with Gasteiger partial charge in [0.05, 0.1) is 12.7 Å². The molecule has 8 heteroatoms. The molecular formula is C17H18N2O6. The number of carbonyl (C=O) groups excluding carboxylic acids is 1. The Morgan fingerprint density at radius 1 is 1.20 bits per heavy atom. The molecule has 3 N–H and O–H groups in total. The molecule has 2 atom stereocenters. The number of carbonyl (C=O) groups is 3. The third-order valence-corrected chi connectivity index (χ3v) is 4.00. The Kier molecular flexibility index (Phi) is 5.21. The lowest BCUT2D eigenvalue weighted by Crippen LogP contribution is -2.34. The molecule has 1 amide bonds. The van der Waals surface area contributed by atoms with E-state index in [-0.39, 0.29) is 11.3 Å². The molecule has 1 aliphatic rings. The fourth-order valence-electron chi connectivity index (χ4n) is 2.97. The molecule has 0 saturated carbocycles. The van der Waals surface area contributed by atoms with Crippen molar-refractivity contribution in [2.45, 2.75) is 19.8 Å². The second kappa shape index (κ2) is 7.16. The van der Waals surface area contributed by atoms with Crippen LogP contribution in [0.4, 0.5) is 10.5 Å². The zero-order valence-electron chi connectivity index (χ0n) is 13.9. The summed E-state index contributed by atoms with van der Waals surface area (Å²) in [5, 5.41) is 21.6. The minimum absolute atomic E-state index is 0.0757. The fraction of sp³-hybridized carbons (Fsp3) is 0.294. The van der Waals surface area contributed by atoms with Gasteiger partial charge < -0.3 is 14.9 Å². The quantitative estimate of drug-likeness (QED) is 0.769. The number of ether oxygens (including phenoxy) is 1. The van der Waals surface area contributed by atoms with Crippen LogP contribution < -0.4 is 5.32 Å². The molecule has 2 rings (SSSR count). The Balaban J connectivity index is 2.57. The zero-order chi connectivity index (χ0) is 18.7. The Morgan fingerprint density at radius 2 is 1.88 bits per heavy atom. The number of hydrogen-bond donors (Lipinski definition) is 3. The summed E-state index contributed by atoms with van der Waals surface area (Å²) in [7, 11) is 1.22. The second-order valence-corrected chi connectivity index (χ2v) is 5.59. The van der Waals surface area contributed by atoms with E-state index >= 15 is 0 Å². The van der Waals surface area contributed by atoms with E-state index in [2.05, 4.69) is 15.0 Å². The van der Waals surface area contributed by atoms with Crippen molar-refractivity contribution in [1.29, 1.82) is 0 Å². The normalized spacial score (nSPS) is 19.9. The van der Waals surface area contributed by atoms with Gasteiger partial charge in [0.15, 0.2) is 0 Å². The van der Waals surface area contributed by atoms with Crippen LogP contribution in [0.2, 0.25) is 0 Å². The molecule has 1 heterocycles. The number of amides is 1. The van der Waals surface area contributed by atoms with Crippen LogP contribution in [0.5, 0.6) is 0 Å². The van der Waals surface area contributed by atoms with Gasteiger partial charge in [-0.25, -0.2) is 9.59 Å². The van der Waals surface area contributed by atoms with Crippen molar-refractivity contribution in [1.82, 2.24) is 0 Å². The average Bonchev–Trinajstić information content (AvgIpc) is 2.53. The van der Waals surface area contributed by atoms with Gasteiger partial charge in [-0.1, -0.05) is 12.1 Å². The van der Waals surface area contributed by atoms with Gasteiger partial charge in [-0.3, -0.25) is 15.1 Å². The molecule has 1 aliphatic heterocycles. The first-order chi connectivity index (χ1) is 11.8. The van der Waals surface area contributed by atoms with Crippen molar-refractivity contribution >= 4 is 29.4 Å². The van der Waals surface area contributed by atoms with Gasteiger partial charge in [-0.05, 0) is 31.5 Å². The lowest BCUT2D eigenvalue weighted by atomic mass is 9.75. The van der Waals surface area contributed by atoms with E-state index in [1.807, 2.05) is 0 Å². The smallest absolute Gasteiger partial charge is 0.411 e.